The number of carbonyl (C=O) groups excluding carboxylic acids is 2. The summed E-state index contributed by atoms with van der Waals surface area (Å²) in [7, 11) is 1.61. The summed E-state index contributed by atoms with van der Waals surface area (Å²) in [5, 5.41) is 0. The minimum absolute atomic E-state index is 0.0404. The Labute approximate surface area is 113 Å². The van der Waals surface area contributed by atoms with Crippen LogP contribution in [0.25, 0.3) is 0 Å². The van der Waals surface area contributed by atoms with E-state index in [-0.39, 0.29) is 24.4 Å². The number of amides is 2. The van der Waals surface area contributed by atoms with E-state index in [4.69, 9.17) is 0 Å². The van der Waals surface area contributed by atoms with Gasteiger partial charge in [-0.15, -0.1) is 0 Å². The van der Waals surface area contributed by atoms with Gasteiger partial charge in [-0.3, -0.25) is 9.59 Å². The Bertz CT molecular complexity index is 525. The summed E-state index contributed by atoms with van der Waals surface area (Å²) in [5.74, 6) is -0.279. The van der Waals surface area contributed by atoms with Crippen molar-refractivity contribution in [2.45, 2.75) is 19.5 Å². The maximum Gasteiger partial charge on any atom is 0.246 e. The van der Waals surface area contributed by atoms with Gasteiger partial charge in [-0.1, -0.05) is 30.8 Å². The van der Waals surface area contributed by atoms with Crippen LogP contribution in [0.1, 0.15) is 24.1 Å². The van der Waals surface area contributed by atoms with Gasteiger partial charge in [0.1, 0.15) is 0 Å². The molecule has 1 atom stereocenters. The second-order valence-electron chi connectivity index (χ2n) is 4.79. The van der Waals surface area contributed by atoms with Crippen molar-refractivity contribution in [3.05, 3.63) is 48.0 Å². The fourth-order valence-corrected chi connectivity index (χ4v) is 2.41. The van der Waals surface area contributed by atoms with Crippen molar-refractivity contribution in [3.8, 4) is 0 Å². The maximum absolute atomic E-state index is 12.3. The van der Waals surface area contributed by atoms with Crippen molar-refractivity contribution >= 4 is 11.8 Å². The molecule has 4 heteroatoms. The Hall–Kier alpha value is -2.10. The molecule has 4 nitrogen and oxygen atoms in total. The third-order valence-electron chi connectivity index (χ3n) is 3.56. The summed E-state index contributed by atoms with van der Waals surface area (Å²) in [5.41, 5.74) is 2.37. The van der Waals surface area contributed by atoms with Gasteiger partial charge in [0, 0.05) is 13.6 Å². The molecular formula is C15H18N2O2. The zero-order valence-electron chi connectivity index (χ0n) is 11.3. The Balaban J connectivity index is 2.07. The van der Waals surface area contributed by atoms with Crippen LogP contribution in [0.4, 0.5) is 0 Å². The number of hydrogen-bond acceptors (Lipinski definition) is 2. The zero-order chi connectivity index (χ0) is 14.0. The SMILES string of the molecule is C=CC(=O)N(C)CC(=O)N1Cc2ccccc2C1C. The number of fused-ring (bicyclic) bond motifs is 1. The lowest BCUT2D eigenvalue weighted by molar-refractivity contribution is -0.138. The third-order valence-corrected chi connectivity index (χ3v) is 3.56. The van der Waals surface area contributed by atoms with Crippen LogP contribution in [0.2, 0.25) is 0 Å². The second kappa shape index (κ2) is 5.26. The normalized spacial score (nSPS) is 16.9. The predicted molar refractivity (Wildman–Crippen MR) is 73.2 cm³/mol. The molecule has 19 heavy (non-hydrogen) atoms. The summed E-state index contributed by atoms with van der Waals surface area (Å²) in [4.78, 5) is 26.8. The molecule has 0 aromatic heterocycles. The van der Waals surface area contributed by atoms with E-state index in [1.807, 2.05) is 31.2 Å². The Morgan fingerprint density at radius 3 is 2.79 bits per heavy atom. The van der Waals surface area contributed by atoms with Crippen LogP contribution in [-0.2, 0) is 16.1 Å². The maximum atomic E-state index is 12.3. The number of carbonyl (C=O) groups is 2. The summed E-state index contributed by atoms with van der Waals surface area (Å²) < 4.78 is 0. The average Bonchev–Trinajstić information content (AvgIpc) is 2.75. The van der Waals surface area contributed by atoms with Gasteiger partial charge in [-0.05, 0) is 24.1 Å². The lowest BCUT2D eigenvalue weighted by Crippen LogP contribution is -2.39. The van der Waals surface area contributed by atoms with Gasteiger partial charge < -0.3 is 9.80 Å². The van der Waals surface area contributed by atoms with E-state index in [9.17, 15) is 9.59 Å². The molecule has 1 heterocycles. The molecule has 0 bridgehead atoms. The molecule has 0 saturated carbocycles. The van der Waals surface area contributed by atoms with E-state index in [0.717, 1.165) is 0 Å². The van der Waals surface area contributed by atoms with Crippen LogP contribution in [0.3, 0.4) is 0 Å². The first-order valence-electron chi connectivity index (χ1n) is 6.29. The highest BCUT2D eigenvalue weighted by Gasteiger charge is 2.30. The molecule has 0 N–H and O–H groups in total. The summed E-state index contributed by atoms with van der Waals surface area (Å²) in [6, 6.07) is 8.11. The fraction of sp³-hybridized carbons (Fsp3) is 0.333. The van der Waals surface area contributed by atoms with E-state index in [2.05, 4.69) is 6.58 Å². The molecule has 1 aliphatic heterocycles. The standard InChI is InChI=1S/C15H18N2O2/c1-4-14(18)16(3)10-15(19)17-9-12-7-5-6-8-13(12)11(17)2/h4-8,11H,1,9-10H2,2-3H3. The fourth-order valence-electron chi connectivity index (χ4n) is 2.41. The van der Waals surface area contributed by atoms with Crippen LogP contribution in [-0.4, -0.2) is 35.2 Å². The lowest BCUT2D eigenvalue weighted by Gasteiger charge is -2.24. The number of rotatable bonds is 3. The van der Waals surface area contributed by atoms with Crippen LogP contribution in [0, 0.1) is 0 Å². The summed E-state index contributed by atoms with van der Waals surface area (Å²) >= 11 is 0. The molecule has 100 valence electrons. The molecule has 0 fully saturated rings. The topological polar surface area (TPSA) is 40.6 Å². The highest BCUT2D eigenvalue weighted by atomic mass is 16.2. The second-order valence-corrected chi connectivity index (χ2v) is 4.79. The molecule has 0 spiro atoms. The van der Waals surface area contributed by atoms with Crippen LogP contribution in [0.5, 0.6) is 0 Å². The van der Waals surface area contributed by atoms with Crippen molar-refractivity contribution in [3.63, 3.8) is 0 Å². The Morgan fingerprint density at radius 2 is 2.16 bits per heavy atom. The van der Waals surface area contributed by atoms with Gasteiger partial charge in [0.2, 0.25) is 11.8 Å². The average molecular weight is 258 g/mol. The quantitative estimate of drug-likeness (QED) is 0.775. The van der Waals surface area contributed by atoms with E-state index in [1.54, 1.807) is 11.9 Å². The largest absolute Gasteiger partial charge is 0.333 e. The molecule has 1 aromatic rings. The molecule has 1 unspecified atom stereocenters. The Kier molecular flexibility index (Phi) is 3.69. The van der Waals surface area contributed by atoms with Crippen LogP contribution in [0.15, 0.2) is 36.9 Å². The van der Waals surface area contributed by atoms with Gasteiger partial charge in [-0.2, -0.15) is 0 Å². The summed E-state index contributed by atoms with van der Waals surface area (Å²) in [6.45, 7) is 6.13. The van der Waals surface area contributed by atoms with Crippen molar-refractivity contribution in [2.24, 2.45) is 0 Å². The third kappa shape index (κ3) is 2.52. The molecule has 0 radical (unpaired) electrons. The lowest BCUT2D eigenvalue weighted by atomic mass is 10.1. The van der Waals surface area contributed by atoms with Crippen molar-refractivity contribution < 1.29 is 9.59 Å². The smallest absolute Gasteiger partial charge is 0.246 e. The highest BCUT2D eigenvalue weighted by Crippen LogP contribution is 2.32. The van der Waals surface area contributed by atoms with E-state index in [0.29, 0.717) is 6.54 Å². The molecule has 0 aliphatic carbocycles. The first kappa shape index (κ1) is 13.3. The van der Waals surface area contributed by atoms with Crippen molar-refractivity contribution in [1.29, 1.82) is 0 Å². The molecule has 1 aliphatic rings. The first-order chi connectivity index (χ1) is 9.04. The van der Waals surface area contributed by atoms with Crippen molar-refractivity contribution in [1.82, 2.24) is 9.80 Å². The van der Waals surface area contributed by atoms with Gasteiger partial charge in [0.25, 0.3) is 0 Å². The molecule has 2 rings (SSSR count). The van der Waals surface area contributed by atoms with Gasteiger partial charge >= 0.3 is 0 Å². The van der Waals surface area contributed by atoms with Crippen LogP contribution < -0.4 is 0 Å². The molecule has 0 saturated heterocycles. The number of likely N-dealkylation sites (N-methyl/N-ethyl adjacent to an activating group) is 1. The van der Waals surface area contributed by atoms with Gasteiger partial charge in [-0.25, -0.2) is 0 Å². The highest BCUT2D eigenvalue weighted by molar-refractivity contribution is 5.90. The number of hydrogen-bond donors (Lipinski definition) is 0. The first-order valence-corrected chi connectivity index (χ1v) is 6.29. The predicted octanol–water partition coefficient (Wildman–Crippen LogP) is 1.73. The van der Waals surface area contributed by atoms with E-state index >= 15 is 0 Å². The summed E-state index contributed by atoms with van der Waals surface area (Å²) in [6.07, 6.45) is 1.22. The monoisotopic (exact) mass is 258 g/mol. The zero-order valence-corrected chi connectivity index (χ0v) is 11.3. The minimum atomic E-state index is -0.238. The van der Waals surface area contributed by atoms with E-state index in [1.165, 1.54) is 22.1 Å². The number of benzene rings is 1. The van der Waals surface area contributed by atoms with E-state index < -0.39 is 0 Å². The molecular weight excluding hydrogens is 240 g/mol. The van der Waals surface area contributed by atoms with Gasteiger partial charge in [0.15, 0.2) is 0 Å². The number of nitrogens with zero attached hydrogens (tertiary/aromatic N) is 2. The molecule has 1 aromatic carbocycles. The molecule has 2 amide bonds. The van der Waals surface area contributed by atoms with Crippen molar-refractivity contribution in [2.75, 3.05) is 13.6 Å². The Morgan fingerprint density at radius 1 is 1.47 bits per heavy atom. The van der Waals surface area contributed by atoms with Gasteiger partial charge in [0.05, 0.1) is 12.6 Å². The van der Waals surface area contributed by atoms with Crippen LogP contribution >= 0.6 is 0 Å². The minimum Gasteiger partial charge on any atom is -0.333 e.